The van der Waals surface area contributed by atoms with E-state index in [0.717, 1.165) is 16.8 Å². The van der Waals surface area contributed by atoms with Crippen molar-refractivity contribution in [3.8, 4) is 0 Å². The van der Waals surface area contributed by atoms with Crippen LogP contribution in [-0.2, 0) is 10.2 Å². The van der Waals surface area contributed by atoms with Crippen molar-refractivity contribution in [3.63, 3.8) is 0 Å². The van der Waals surface area contributed by atoms with Crippen molar-refractivity contribution in [2.45, 2.75) is 53.9 Å². The quantitative estimate of drug-likeness (QED) is 0.897. The smallest absolute Gasteiger partial charge is 0.237 e. The van der Waals surface area contributed by atoms with Crippen LogP contribution in [0.25, 0.3) is 0 Å². The monoisotopic (exact) mass is 279 g/mol. The van der Waals surface area contributed by atoms with Gasteiger partial charge in [0, 0.05) is 12.2 Å². The number of aliphatic hydroxyl groups excluding tert-OH is 1. The van der Waals surface area contributed by atoms with Gasteiger partial charge in [0.2, 0.25) is 5.91 Å². The van der Waals surface area contributed by atoms with E-state index in [1.54, 1.807) is 4.90 Å². The van der Waals surface area contributed by atoms with Gasteiger partial charge < -0.3 is 10.0 Å². The largest absolute Gasteiger partial charge is 0.395 e. The van der Waals surface area contributed by atoms with Gasteiger partial charge in [0.25, 0.3) is 0 Å². The number of carbonyl (C=O) groups is 1. The fraction of sp³-hybridized carbons (Fsp3) is 0.588. The molecule has 114 valence electrons. The van der Waals surface area contributed by atoms with E-state index in [-0.39, 0.29) is 12.5 Å². The molecule has 0 atom stereocenters. The lowest BCUT2D eigenvalue weighted by Crippen LogP contribution is -2.37. The van der Waals surface area contributed by atoms with E-state index in [0.29, 0.717) is 6.54 Å². The van der Waals surface area contributed by atoms with Crippen LogP contribution in [0.1, 0.15) is 52.7 Å². The molecule has 2 rings (SSSR count). The van der Waals surface area contributed by atoms with E-state index >= 15 is 0 Å². The molecule has 1 aliphatic rings. The number of carbonyl (C=O) groups excluding carboxylic acids is 1. The van der Waals surface area contributed by atoms with Crippen LogP contribution < -0.4 is 4.90 Å². The van der Waals surface area contributed by atoms with Crippen LogP contribution in [-0.4, -0.2) is 24.2 Å². The highest BCUT2D eigenvalue weighted by atomic mass is 16.3. The summed E-state index contributed by atoms with van der Waals surface area (Å²) in [6, 6.07) is 6.05. The molecule has 1 heterocycles. The van der Waals surface area contributed by atoms with Crippen LogP contribution in [0.5, 0.6) is 0 Å². The van der Waals surface area contributed by atoms with Crippen LogP contribution in [0.3, 0.4) is 0 Å². The topological polar surface area (TPSA) is 40.5 Å². The average molecular weight is 279 g/mol. The van der Waals surface area contributed by atoms with Crippen LogP contribution in [0.15, 0.2) is 18.2 Å². The number of aliphatic hydroxyl groups is 1. The number of fused-ring (bicyclic) bond motifs is 1. The summed E-state index contributed by atoms with van der Waals surface area (Å²) in [5.41, 5.74) is 2.66. The van der Waals surface area contributed by atoms with Crippen molar-refractivity contribution in [2.75, 3.05) is 18.1 Å². The molecule has 0 spiro atoms. The maximum atomic E-state index is 12.2. The summed E-state index contributed by atoms with van der Waals surface area (Å²) >= 11 is 0. The van der Waals surface area contributed by atoms with Gasteiger partial charge in [-0.1, -0.05) is 39.8 Å². The molecule has 1 aromatic carbocycles. The van der Waals surface area contributed by atoms with E-state index in [9.17, 15) is 4.79 Å². The number of rotatable bonds is 2. The molecule has 20 heavy (non-hydrogen) atoms. The summed E-state index contributed by atoms with van der Waals surface area (Å²) in [6.07, 6.45) is 0. The van der Waals surface area contributed by atoms with Crippen molar-refractivity contribution in [1.82, 2.24) is 0 Å². The van der Waals surface area contributed by atoms with Crippen molar-refractivity contribution in [3.05, 3.63) is 29.3 Å². The number of amides is 1. The number of anilines is 1. The van der Waals surface area contributed by atoms with Gasteiger partial charge in [0.05, 0.1) is 12.0 Å². The van der Waals surface area contributed by atoms with Crippen molar-refractivity contribution >= 4 is 11.6 Å². The standard InChI is InChI=1S/C13H17NO2.2C2H6/c1-9-4-5-10-11(8-9)14(6-7-15)12(16)13(10,2)3;2*1-2/h4-5,8,15H,6-7H2,1-3H3;2*1-2H3. The fourth-order valence-corrected chi connectivity index (χ4v) is 2.28. The molecule has 1 aromatic rings. The Morgan fingerprint density at radius 1 is 1.15 bits per heavy atom. The summed E-state index contributed by atoms with van der Waals surface area (Å²) in [5.74, 6) is 0.0714. The minimum atomic E-state index is -0.474. The van der Waals surface area contributed by atoms with Gasteiger partial charge in [-0.3, -0.25) is 4.79 Å². The molecular formula is C17H29NO2. The molecular weight excluding hydrogens is 250 g/mol. The number of benzene rings is 1. The highest BCUT2D eigenvalue weighted by molar-refractivity contribution is 6.07. The third kappa shape index (κ3) is 3.40. The first kappa shape index (κ1) is 18.7. The molecule has 3 nitrogen and oxygen atoms in total. The van der Waals surface area contributed by atoms with Crippen molar-refractivity contribution in [1.29, 1.82) is 0 Å². The maximum absolute atomic E-state index is 12.2. The Morgan fingerprint density at radius 2 is 1.70 bits per heavy atom. The third-order valence-corrected chi connectivity index (χ3v) is 3.22. The zero-order valence-corrected chi connectivity index (χ0v) is 13.9. The summed E-state index contributed by atoms with van der Waals surface area (Å²) in [4.78, 5) is 13.9. The second-order valence-electron chi connectivity index (χ2n) is 4.83. The highest BCUT2D eigenvalue weighted by Gasteiger charge is 2.43. The van der Waals surface area contributed by atoms with Gasteiger partial charge in [-0.2, -0.15) is 0 Å². The molecule has 0 saturated heterocycles. The fourth-order valence-electron chi connectivity index (χ4n) is 2.28. The molecule has 1 amide bonds. The number of hydrogen-bond acceptors (Lipinski definition) is 2. The Hall–Kier alpha value is -1.35. The van der Waals surface area contributed by atoms with Crippen LogP contribution >= 0.6 is 0 Å². The average Bonchev–Trinajstić information content (AvgIpc) is 2.64. The number of aryl methyl sites for hydroxylation is 1. The number of hydrogen-bond donors (Lipinski definition) is 1. The first-order valence-electron chi connectivity index (χ1n) is 7.52. The predicted octanol–water partition coefficient (Wildman–Crippen LogP) is 3.66. The molecule has 0 radical (unpaired) electrons. The van der Waals surface area contributed by atoms with E-state index in [1.165, 1.54) is 0 Å². The van der Waals surface area contributed by atoms with Gasteiger partial charge in [-0.05, 0) is 38.0 Å². The minimum absolute atomic E-state index is 0.00476. The molecule has 0 bridgehead atoms. The summed E-state index contributed by atoms with van der Waals surface area (Å²) in [6.45, 7) is 14.2. The molecule has 1 N–H and O–H groups in total. The van der Waals surface area contributed by atoms with E-state index in [1.807, 2.05) is 66.7 Å². The molecule has 0 unspecified atom stereocenters. The van der Waals surface area contributed by atoms with Gasteiger partial charge in [0.1, 0.15) is 0 Å². The van der Waals surface area contributed by atoms with Crippen molar-refractivity contribution < 1.29 is 9.90 Å². The SMILES string of the molecule is CC.CC.Cc1ccc2c(c1)N(CCO)C(=O)C2(C)C. The number of nitrogens with zero attached hydrogens (tertiary/aromatic N) is 1. The Bertz CT molecular complexity index is 439. The van der Waals surface area contributed by atoms with E-state index in [2.05, 4.69) is 0 Å². The molecule has 0 aliphatic carbocycles. The van der Waals surface area contributed by atoms with E-state index < -0.39 is 5.41 Å². The normalized spacial score (nSPS) is 14.8. The van der Waals surface area contributed by atoms with Gasteiger partial charge in [0.15, 0.2) is 0 Å². The lowest BCUT2D eigenvalue weighted by molar-refractivity contribution is -0.122. The van der Waals surface area contributed by atoms with E-state index in [4.69, 9.17) is 5.11 Å². The van der Waals surface area contributed by atoms with Gasteiger partial charge in [-0.25, -0.2) is 0 Å². The second kappa shape index (κ2) is 8.05. The lowest BCUT2D eigenvalue weighted by Gasteiger charge is -2.19. The first-order valence-corrected chi connectivity index (χ1v) is 7.52. The zero-order chi connectivity index (χ0) is 15.9. The predicted molar refractivity (Wildman–Crippen MR) is 86.3 cm³/mol. The van der Waals surface area contributed by atoms with Crippen LogP contribution in [0, 0.1) is 6.92 Å². The number of β-amino-alcohol motifs (C(OH)–C–C–N with tert-alkyl or cyclic N) is 1. The molecule has 3 heteroatoms. The van der Waals surface area contributed by atoms with Crippen LogP contribution in [0.4, 0.5) is 5.69 Å². The summed E-state index contributed by atoms with van der Waals surface area (Å²) in [5, 5.41) is 9.02. The Balaban J connectivity index is 0.000000829. The minimum Gasteiger partial charge on any atom is -0.395 e. The Labute approximate surface area is 123 Å². The summed E-state index contributed by atoms with van der Waals surface area (Å²) in [7, 11) is 0. The van der Waals surface area contributed by atoms with Gasteiger partial charge >= 0.3 is 0 Å². The lowest BCUT2D eigenvalue weighted by atomic mass is 9.86. The molecule has 0 saturated carbocycles. The Kier molecular flexibility index (Phi) is 7.51. The highest BCUT2D eigenvalue weighted by Crippen LogP contribution is 2.41. The maximum Gasteiger partial charge on any atom is 0.237 e. The molecule has 1 aliphatic heterocycles. The molecule has 0 fully saturated rings. The molecule has 0 aromatic heterocycles. The third-order valence-electron chi connectivity index (χ3n) is 3.22. The zero-order valence-electron chi connectivity index (χ0n) is 13.9. The first-order chi connectivity index (χ1) is 9.48. The second-order valence-corrected chi connectivity index (χ2v) is 4.83. The van der Waals surface area contributed by atoms with Gasteiger partial charge in [-0.15, -0.1) is 0 Å². The van der Waals surface area contributed by atoms with Crippen LogP contribution in [0.2, 0.25) is 0 Å². The van der Waals surface area contributed by atoms with Crippen molar-refractivity contribution in [2.24, 2.45) is 0 Å². The summed E-state index contributed by atoms with van der Waals surface area (Å²) < 4.78 is 0. The Morgan fingerprint density at radius 3 is 2.20 bits per heavy atom.